The molecule has 1 aliphatic heterocycles. The molecule has 0 saturated carbocycles. The van der Waals surface area contributed by atoms with Gasteiger partial charge in [0.25, 0.3) is 0 Å². The molecule has 6 nitrogen and oxygen atoms in total. The van der Waals surface area contributed by atoms with Crippen LogP contribution in [0.25, 0.3) is 0 Å². The van der Waals surface area contributed by atoms with E-state index in [-0.39, 0.29) is 18.3 Å². The van der Waals surface area contributed by atoms with Crippen LogP contribution in [0, 0.1) is 0 Å². The van der Waals surface area contributed by atoms with Crippen molar-refractivity contribution in [3.8, 4) is 0 Å². The van der Waals surface area contributed by atoms with E-state index in [9.17, 15) is 13.2 Å². The molecule has 20 heavy (non-hydrogen) atoms. The summed E-state index contributed by atoms with van der Waals surface area (Å²) in [6, 6.07) is -0.607. The van der Waals surface area contributed by atoms with Crippen LogP contribution in [0.15, 0.2) is 0 Å². The van der Waals surface area contributed by atoms with Crippen molar-refractivity contribution in [3.05, 3.63) is 0 Å². The molecule has 1 rings (SSSR count). The molecule has 1 aliphatic rings. The van der Waals surface area contributed by atoms with Gasteiger partial charge in [-0.15, -0.1) is 0 Å². The van der Waals surface area contributed by atoms with Gasteiger partial charge in [-0.3, -0.25) is 4.79 Å². The van der Waals surface area contributed by atoms with Crippen LogP contribution in [0.3, 0.4) is 0 Å². The SMILES string of the molecule is CCCS(=O)(=O)N1CCCC1C(=O)NC(C)(C)CCO. The maximum Gasteiger partial charge on any atom is 0.238 e. The van der Waals surface area contributed by atoms with Crippen LogP contribution in [0.4, 0.5) is 0 Å². The summed E-state index contributed by atoms with van der Waals surface area (Å²) in [7, 11) is -3.35. The minimum atomic E-state index is -3.35. The summed E-state index contributed by atoms with van der Waals surface area (Å²) in [4.78, 5) is 12.3. The van der Waals surface area contributed by atoms with Gasteiger partial charge in [-0.2, -0.15) is 4.31 Å². The Morgan fingerprint density at radius 3 is 2.65 bits per heavy atom. The van der Waals surface area contributed by atoms with Crippen molar-refractivity contribution in [1.82, 2.24) is 9.62 Å². The second-order valence-electron chi connectivity index (χ2n) is 5.93. The first kappa shape index (κ1) is 17.4. The second-order valence-corrected chi connectivity index (χ2v) is 7.97. The number of nitrogens with zero attached hydrogens (tertiary/aromatic N) is 1. The molecule has 1 atom stereocenters. The molecule has 1 fully saturated rings. The zero-order valence-electron chi connectivity index (χ0n) is 12.6. The quantitative estimate of drug-likeness (QED) is 0.716. The number of rotatable bonds is 7. The predicted octanol–water partition coefficient (Wildman–Crippen LogP) is 0.468. The van der Waals surface area contributed by atoms with Crippen LogP contribution in [-0.4, -0.2) is 54.2 Å². The van der Waals surface area contributed by atoms with Crippen molar-refractivity contribution < 1.29 is 18.3 Å². The van der Waals surface area contributed by atoms with Crippen molar-refractivity contribution in [2.75, 3.05) is 18.9 Å². The van der Waals surface area contributed by atoms with Crippen molar-refractivity contribution in [2.45, 2.75) is 58.0 Å². The maximum absolute atomic E-state index is 12.3. The Hall–Kier alpha value is -0.660. The van der Waals surface area contributed by atoms with E-state index in [1.807, 2.05) is 20.8 Å². The maximum atomic E-state index is 12.3. The number of amides is 1. The minimum absolute atomic E-state index is 0.0181. The van der Waals surface area contributed by atoms with E-state index in [2.05, 4.69) is 5.32 Å². The molecular weight excluding hydrogens is 280 g/mol. The van der Waals surface area contributed by atoms with Gasteiger partial charge >= 0.3 is 0 Å². The monoisotopic (exact) mass is 306 g/mol. The molecule has 2 N–H and O–H groups in total. The lowest BCUT2D eigenvalue weighted by atomic mass is 10.0. The van der Waals surface area contributed by atoms with Crippen LogP contribution in [-0.2, 0) is 14.8 Å². The Labute approximate surface area is 121 Å². The van der Waals surface area contributed by atoms with Gasteiger partial charge in [0.1, 0.15) is 6.04 Å². The summed E-state index contributed by atoms with van der Waals surface area (Å²) >= 11 is 0. The summed E-state index contributed by atoms with van der Waals surface area (Å²) in [6.07, 6.45) is 2.25. The Morgan fingerprint density at radius 2 is 2.10 bits per heavy atom. The molecule has 0 aromatic rings. The zero-order chi connectivity index (χ0) is 15.4. The van der Waals surface area contributed by atoms with Gasteiger partial charge in [0.05, 0.1) is 5.75 Å². The number of carbonyl (C=O) groups excluding carboxylic acids is 1. The Kier molecular flexibility index (Phi) is 5.97. The Balaban J connectivity index is 2.77. The first-order valence-electron chi connectivity index (χ1n) is 7.16. The Bertz CT molecular complexity index is 434. The molecule has 0 aromatic carbocycles. The third kappa shape index (κ3) is 4.43. The van der Waals surface area contributed by atoms with Crippen LogP contribution in [0.5, 0.6) is 0 Å². The molecule has 1 heterocycles. The highest BCUT2D eigenvalue weighted by molar-refractivity contribution is 7.89. The number of aliphatic hydroxyl groups excluding tert-OH is 1. The highest BCUT2D eigenvalue weighted by Crippen LogP contribution is 2.23. The molecule has 1 unspecified atom stereocenters. The lowest BCUT2D eigenvalue weighted by Gasteiger charge is -2.30. The van der Waals surface area contributed by atoms with E-state index in [4.69, 9.17) is 5.11 Å². The fraction of sp³-hybridized carbons (Fsp3) is 0.923. The van der Waals surface area contributed by atoms with Crippen molar-refractivity contribution in [2.24, 2.45) is 0 Å². The van der Waals surface area contributed by atoms with E-state index < -0.39 is 21.6 Å². The number of hydrogen-bond acceptors (Lipinski definition) is 4. The largest absolute Gasteiger partial charge is 0.396 e. The third-order valence-corrected chi connectivity index (χ3v) is 5.60. The number of nitrogens with one attached hydrogen (secondary N) is 1. The van der Waals surface area contributed by atoms with Crippen molar-refractivity contribution >= 4 is 15.9 Å². The van der Waals surface area contributed by atoms with Gasteiger partial charge in [-0.1, -0.05) is 6.92 Å². The number of carbonyl (C=O) groups is 1. The van der Waals surface area contributed by atoms with E-state index >= 15 is 0 Å². The first-order chi connectivity index (χ1) is 9.23. The van der Waals surface area contributed by atoms with E-state index in [1.165, 1.54) is 4.31 Å². The molecule has 1 amide bonds. The minimum Gasteiger partial charge on any atom is -0.396 e. The summed E-state index contributed by atoms with van der Waals surface area (Å²) in [6.45, 7) is 5.85. The summed E-state index contributed by atoms with van der Waals surface area (Å²) in [5, 5.41) is 11.8. The van der Waals surface area contributed by atoms with Gasteiger partial charge in [0.2, 0.25) is 15.9 Å². The molecule has 7 heteroatoms. The molecule has 1 saturated heterocycles. The average molecular weight is 306 g/mol. The number of aliphatic hydroxyl groups is 1. The molecule has 0 spiro atoms. The second kappa shape index (κ2) is 6.87. The topological polar surface area (TPSA) is 86.7 Å². The van der Waals surface area contributed by atoms with Gasteiger partial charge < -0.3 is 10.4 Å². The number of hydrogen-bond donors (Lipinski definition) is 2. The average Bonchev–Trinajstić information content (AvgIpc) is 2.77. The van der Waals surface area contributed by atoms with Crippen molar-refractivity contribution in [3.63, 3.8) is 0 Å². The number of sulfonamides is 1. The highest BCUT2D eigenvalue weighted by Gasteiger charge is 2.39. The van der Waals surface area contributed by atoms with Crippen LogP contribution >= 0.6 is 0 Å². The smallest absolute Gasteiger partial charge is 0.238 e. The van der Waals surface area contributed by atoms with Gasteiger partial charge in [-0.05, 0) is 39.5 Å². The normalized spacial score (nSPS) is 21.1. The molecule has 0 bridgehead atoms. The summed E-state index contributed by atoms with van der Waals surface area (Å²) < 4.78 is 25.6. The van der Waals surface area contributed by atoms with Crippen LogP contribution in [0.2, 0.25) is 0 Å². The summed E-state index contributed by atoms with van der Waals surface area (Å²) in [5.41, 5.74) is -0.533. The predicted molar refractivity (Wildman–Crippen MR) is 77.7 cm³/mol. The molecule has 0 aliphatic carbocycles. The summed E-state index contributed by atoms with van der Waals surface area (Å²) in [5.74, 6) is -0.183. The first-order valence-corrected chi connectivity index (χ1v) is 8.77. The molecular formula is C13H26N2O4S. The standard InChI is InChI=1S/C13H26N2O4S/c1-4-10-20(18,19)15-8-5-6-11(15)12(17)14-13(2,3)7-9-16/h11,16H,4-10H2,1-3H3,(H,14,17). The zero-order valence-corrected chi connectivity index (χ0v) is 13.4. The molecule has 118 valence electrons. The molecule has 0 aromatic heterocycles. The Morgan fingerprint density at radius 1 is 1.45 bits per heavy atom. The van der Waals surface area contributed by atoms with E-state index in [0.29, 0.717) is 32.2 Å². The fourth-order valence-corrected chi connectivity index (χ4v) is 4.22. The van der Waals surface area contributed by atoms with E-state index in [0.717, 1.165) is 0 Å². The van der Waals surface area contributed by atoms with E-state index in [1.54, 1.807) is 0 Å². The molecule has 0 radical (unpaired) electrons. The lowest BCUT2D eigenvalue weighted by molar-refractivity contribution is -0.126. The van der Waals surface area contributed by atoms with Gasteiger partial charge in [0.15, 0.2) is 0 Å². The van der Waals surface area contributed by atoms with Gasteiger partial charge in [-0.25, -0.2) is 8.42 Å². The van der Waals surface area contributed by atoms with Crippen LogP contribution < -0.4 is 5.32 Å². The third-order valence-electron chi connectivity index (χ3n) is 3.52. The van der Waals surface area contributed by atoms with Gasteiger partial charge in [0, 0.05) is 18.7 Å². The fourth-order valence-electron chi connectivity index (χ4n) is 2.47. The lowest BCUT2D eigenvalue weighted by Crippen LogP contribution is -2.53. The highest BCUT2D eigenvalue weighted by atomic mass is 32.2. The van der Waals surface area contributed by atoms with Crippen LogP contribution in [0.1, 0.15) is 46.5 Å². The van der Waals surface area contributed by atoms with Crippen molar-refractivity contribution in [1.29, 1.82) is 0 Å².